The van der Waals surface area contributed by atoms with Crippen LogP contribution in [0.15, 0.2) is 18.3 Å². The molecule has 0 aromatic carbocycles. The fourth-order valence-electron chi connectivity index (χ4n) is 0.928. The lowest BCUT2D eigenvalue weighted by Gasteiger charge is -2.18. The Morgan fingerprint density at radius 1 is 1.60 bits per heavy atom. The van der Waals surface area contributed by atoms with Crippen LogP contribution in [0.25, 0.3) is 0 Å². The normalized spacial score (nSPS) is 11.1. The molecule has 0 aliphatic carbocycles. The van der Waals surface area contributed by atoms with E-state index in [0.717, 1.165) is 5.69 Å². The fourth-order valence-corrected chi connectivity index (χ4v) is 0.928. The summed E-state index contributed by atoms with van der Waals surface area (Å²) < 4.78 is 0. The van der Waals surface area contributed by atoms with Gasteiger partial charge in [-0.05, 0) is 29.8 Å². The highest BCUT2D eigenvalue weighted by molar-refractivity contribution is 5.43. The largest absolute Gasteiger partial charge is 0.380 e. The summed E-state index contributed by atoms with van der Waals surface area (Å²) in [4.78, 5) is 13.5. The summed E-state index contributed by atoms with van der Waals surface area (Å²) in [6.07, 6.45) is 1.42. The Balaban J connectivity index is 2.61. The van der Waals surface area contributed by atoms with Crippen molar-refractivity contribution in [2.45, 2.75) is 19.4 Å². The van der Waals surface area contributed by atoms with Gasteiger partial charge in [-0.2, -0.15) is 0 Å². The Hall–Kier alpha value is -1.69. The first-order chi connectivity index (χ1) is 6.88. The van der Waals surface area contributed by atoms with Crippen molar-refractivity contribution < 1.29 is 4.92 Å². The van der Waals surface area contributed by atoms with Gasteiger partial charge in [0.25, 0.3) is 0 Å². The Kier molecular flexibility index (Phi) is 3.21. The van der Waals surface area contributed by atoms with Crippen molar-refractivity contribution >= 4 is 11.5 Å². The quantitative estimate of drug-likeness (QED) is 0.574. The number of pyridine rings is 1. The lowest BCUT2D eigenvalue weighted by Crippen LogP contribution is -2.39. The molecule has 0 saturated carbocycles. The van der Waals surface area contributed by atoms with Gasteiger partial charge in [-0.15, -0.1) is 0 Å². The second-order valence-corrected chi connectivity index (χ2v) is 4.00. The summed E-state index contributed by atoms with van der Waals surface area (Å²) in [6, 6.07) is 2.96. The third-order valence-electron chi connectivity index (χ3n) is 1.68. The molecule has 15 heavy (non-hydrogen) atoms. The molecule has 0 radical (unpaired) electrons. The van der Waals surface area contributed by atoms with Crippen molar-refractivity contribution in [1.82, 2.24) is 4.98 Å². The number of aromatic nitrogens is 1. The molecule has 3 N–H and O–H groups in total. The van der Waals surface area contributed by atoms with Crippen LogP contribution in [0.5, 0.6) is 0 Å². The number of nitrogens with zero attached hydrogens (tertiary/aromatic N) is 2. The Bertz CT molecular complexity index is 342. The molecule has 0 spiro atoms. The van der Waals surface area contributed by atoms with Crippen LogP contribution in [-0.4, -0.2) is 22.0 Å². The first-order valence-corrected chi connectivity index (χ1v) is 4.52. The van der Waals surface area contributed by atoms with Gasteiger partial charge in [0.05, 0.1) is 5.69 Å². The summed E-state index contributed by atoms with van der Waals surface area (Å²) >= 11 is 0. The van der Waals surface area contributed by atoms with E-state index in [2.05, 4.69) is 10.3 Å². The zero-order valence-electron chi connectivity index (χ0n) is 8.73. The summed E-state index contributed by atoms with van der Waals surface area (Å²) in [6.45, 7) is 4.35. The number of anilines is 1. The minimum absolute atomic E-state index is 0.160. The summed E-state index contributed by atoms with van der Waals surface area (Å²) in [5, 5.41) is 13.4. The van der Waals surface area contributed by atoms with Gasteiger partial charge in [0.1, 0.15) is 0 Å². The number of rotatable bonds is 4. The van der Waals surface area contributed by atoms with Crippen LogP contribution < -0.4 is 11.1 Å². The highest BCUT2D eigenvalue weighted by Gasteiger charge is 2.11. The van der Waals surface area contributed by atoms with Gasteiger partial charge in [0.15, 0.2) is 6.20 Å². The molecular weight excluding hydrogens is 196 g/mol. The third-order valence-corrected chi connectivity index (χ3v) is 1.68. The molecule has 1 aromatic rings. The molecule has 0 aliphatic rings. The lowest BCUT2D eigenvalue weighted by molar-refractivity contribution is -0.389. The van der Waals surface area contributed by atoms with Crippen molar-refractivity contribution in [2.75, 3.05) is 11.9 Å². The molecule has 6 heteroatoms. The molecule has 1 aromatic heterocycles. The Morgan fingerprint density at radius 2 is 2.27 bits per heavy atom. The van der Waals surface area contributed by atoms with E-state index < -0.39 is 4.92 Å². The molecule has 0 aliphatic heterocycles. The monoisotopic (exact) mass is 210 g/mol. The zero-order chi connectivity index (χ0) is 11.5. The average Bonchev–Trinajstić information content (AvgIpc) is 2.14. The molecular formula is C9H14N4O2. The minimum atomic E-state index is -0.531. The van der Waals surface area contributed by atoms with E-state index >= 15 is 0 Å². The van der Waals surface area contributed by atoms with Crippen molar-refractivity contribution in [2.24, 2.45) is 5.73 Å². The van der Waals surface area contributed by atoms with E-state index in [4.69, 9.17) is 5.73 Å². The number of nitrogens with two attached hydrogens (primary N) is 1. The molecule has 0 atom stereocenters. The molecule has 82 valence electrons. The molecule has 6 nitrogen and oxygen atoms in total. The number of nitro groups is 1. The van der Waals surface area contributed by atoms with Gasteiger partial charge in [-0.3, -0.25) is 0 Å². The fraction of sp³-hybridized carbons (Fsp3) is 0.444. The maximum absolute atomic E-state index is 10.3. The smallest absolute Gasteiger partial charge is 0.363 e. The van der Waals surface area contributed by atoms with Crippen LogP contribution in [0.2, 0.25) is 0 Å². The van der Waals surface area contributed by atoms with Gasteiger partial charge in [0.2, 0.25) is 0 Å². The van der Waals surface area contributed by atoms with Crippen molar-refractivity contribution in [3.8, 4) is 0 Å². The van der Waals surface area contributed by atoms with Gasteiger partial charge < -0.3 is 21.2 Å². The maximum Gasteiger partial charge on any atom is 0.363 e. The van der Waals surface area contributed by atoms with E-state index in [0.29, 0.717) is 6.54 Å². The molecule has 0 fully saturated rings. The van der Waals surface area contributed by atoms with Crippen molar-refractivity contribution in [3.63, 3.8) is 0 Å². The van der Waals surface area contributed by atoms with Crippen LogP contribution in [0.4, 0.5) is 11.5 Å². The molecule has 0 amide bonds. The van der Waals surface area contributed by atoms with Crippen LogP contribution >= 0.6 is 0 Å². The number of nitrogens with one attached hydrogen (secondary N) is 1. The Morgan fingerprint density at radius 3 is 2.67 bits per heavy atom. The van der Waals surface area contributed by atoms with Crippen molar-refractivity contribution in [1.29, 1.82) is 0 Å². The van der Waals surface area contributed by atoms with Gasteiger partial charge in [0, 0.05) is 18.2 Å². The van der Waals surface area contributed by atoms with E-state index in [-0.39, 0.29) is 11.4 Å². The maximum atomic E-state index is 10.3. The lowest BCUT2D eigenvalue weighted by atomic mass is 10.1. The molecule has 0 unspecified atom stereocenters. The number of hydrogen-bond acceptors (Lipinski definition) is 5. The standard InChI is InChI=1S/C9H14N4O2/c1-9(2,10)6-12-7-3-4-8(11-5-7)13(14)15/h3-5,12H,6,10H2,1-2H3. The summed E-state index contributed by atoms with van der Waals surface area (Å²) in [5.41, 5.74) is 6.16. The first-order valence-electron chi connectivity index (χ1n) is 4.52. The zero-order valence-corrected chi connectivity index (χ0v) is 8.73. The predicted octanol–water partition coefficient (Wildman–Crippen LogP) is 1.14. The summed E-state index contributed by atoms with van der Waals surface area (Å²) in [5.74, 6) is -0.160. The third kappa shape index (κ3) is 3.90. The topological polar surface area (TPSA) is 94.1 Å². The average molecular weight is 210 g/mol. The van der Waals surface area contributed by atoms with Crippen LogP contribution in [0.1, 0.15) is 13.8 Å². The van der Waals surface area contributed by atoms with Gasteiger partial charge in [-0.25, -0.2) is 0 Å². The van der Waals surface area contributed by atoms with E-state index in [1.54, 1.807) is 6.07 Å². The van der Waals surface area contributed by atoms with Crippen LogP contribution in [0, 0.1) is 10.1 Å². The Labute approximate surface area is 87.7 Å². The van der Waals surface area contributed by atoms with E-state index in [1.807, 2.05) is 13.8 Å². The first kappa shape index (κ1) is 11.4. The van der Waals surface area contributed by atoms with Crippen LogP contribution in [0.3, 0.4) is 0 Å². The second kappa shape index (κ2) is 4.22. The van der Waals surface area contributed by atoms with Crippen molar-refractivity contribution in [3.05, 3.63) is 28.4 Å². The van der Waals surface area contributed by atoms with Gasteiger partial charge >= 0.3 is 5.82 Å². The molecule has 0 bridgehead atoms. The SMILES string of the molecule is CC(C)(N)CNc1ccc([N+](=O)[O-])nc1. The number of hydrogen-bond donors (Lipinski definition) is 2. The highest BCUT2D eigenvalue weighted by Crippen LogP contribution is 2.11. The highest BCUT2D eigenvalue weighted by atomic mass is 16.6. The molecule has 0 saturated heterocycles. The van der Waals surface area contributed by atoms with E-state index in [9.17, 15) is 10.1 Å². The minimum Gasteiger partial charge on any atom is -0.380 e. The van der Waals surface area contributed by atoms with Gasteiger partial charge in [-0.1, -0.05) is 0 Å². The van der Waals surface area contributed by atoms with Crippen LogP contribution in [-0.2, 0) is 0 Å². The predicted molar refractivity (Wildman–Crippen MR) is 57.6 cm³/mol. The molecule has 1 rings (SSSR count). The molecule has 1 heterocycles. The second-order valence-electron chi connectivity index (χ2n) is 4.00. The summed E-state index contributed by atoms with van der Waals surface area (Å²) in [7, 11) is 0. The van der Waals surface area contributed by atoms with E-state index in [1.165, 1.54) is 12.3 Å².